The zero-order valence-electron chi connectivity index (χ0n) is 8.04. The standard InChI is InChI=1S/C10H10N4S/c1-2-8-3-5-9(6-4-8)7-14-10(15)11-12-13-14/h2-6H,1,7H2,(H,11,13,15). The molecule has 0 unspecified atom stereocenters. The molecule has 1 heterocycles. The summed E-state index contributed by atoms with van der Waals surface area (Å²) >= 11 is 4.13. The van der Waals surface area contributed by atoms with E-state index in [1.807, 2.05) is 30.3 Å². The maximum Gasteiger partial charge on any atom is 0.206 e. The topological polar surface area (TPSA) is 43.6 Å². The first-order valence-electron chi connectivity index (χ1n) is 4.46. The number of thiol groups is 1. The van der Waals surface area contributed by atoms with E-state index in [0.29, 0.717) is 11.7 Å². The van der Waals surface area contributed by atoms with Gasteiger partial charge in [0, 0.05) is 0 Å². The van der Waals surface area contributed by atoms with Crippen molar-refractivity contribution in [2.45, 2.75) is 11.7 Å². The van der Waals surface area contributed by atoms with Gasteiger partial charge in [0.25, 0.3) is 0 Å². The Labute approximate surface area is 93.0 Å². The van der Waals surface area contributed by atoms with Gasteiger partial charge in [0.2, 0.25) is 5.16 Å². The van der Waals surface area contributed by atoms with Gasteiger partial charge in [-0.05, 0) is 21.6 Å². The molecule has 5 heteroatoms. The van der Waals surface area contributed by atoms with Gasteiger partial charge < -0.3 is 0 Å². The summed E-state index contributed by atoms with van der Waals surface area (Å²) in [7, 11) is 0. The fourth-order valence-electron chi connectivity index (χ4n) is 1.23. The number of hydrogen-bond donors (Lipinski definition) is 1. The minimum Gasteiger partial charge on any atom is -0.216 e. The third-order valence-corrected chi connectivity index (χ3v) is 2.38. The smallest absolute Gasteiger partial charge is 0.206 e. The number of tetrazole rings is 1. The summed E-state index contributed by atoms with van der Waals surface area (Å²) in [6, 6.07) is 8.05. The molecule has 0 saturated heterocycles. The summed E-state index contributed by atoms with van der Waals surface area (Å²) < 4.78 is 1.63. The van der Waals surface area contributed by atoms with E-state index in [-0.39, 0.29) is 0 Å². The van der Waals surface area contributed by atoms with Crippen LogP contribution in [0.15, 0.2) is 36.0 Å². The highest BCUT2D eigenvalue weighted by molar-refractivity contribution is 7.80. The summed E-state index contributed by atoms with van der Waals surface area (Å²) in [6.45, 7) is 4.33. The van der Waals surface area contributed by atoms with Gasteiger partial charge in [-0.1, -0.05) is 36.9 Å². The second-order valence-electron chi connectivity index (χ2n) is 3.08. The Morgan fingerprint density at radius 1 is 1.33 bits per heavy atom. The Hall–Kier alpha value is -1.62. The van der Waals surface area contributed by atoms with Gasteiger partial charge in [0.1, 0.15) is 0 Å². The highest BCUT2D eigenvalue weighted by Gasteiger charge is 2.01. The summed E-state index contributed by atoms with van der Waals surface area (Å²) in [5.41, 5.74) is 2.23. The third-order valence-electron chi connectivity index (χ3n) is 2.06. The van der Waals surface area contributed by atoms with Crippen LogP contribution in [0.5, 0.6) is 0 Å². The normalized spacial score (nSPS) is 10.2. The molecule has 1 aromatic heterocycles. The molecule has 0 saturated carbocycles. The van der Waals surface area contributed by atoms with Crippen LogP contribution in [0.2, 0.25) is 0 Å². The second-order valence-corrected chi connectivity index (χ2v) is 3.48. The quantitative estimate of drug-likeness (QED) is 0.797. The maximum absolute atomic E-state index is 4.13. The molecule has 0 spiro atoms. The highest BCUT2D eigenvalue weighted by Crippen LogP contribution is 2.08. The minimum absolute atomic E-state index is 0.516. The molecule has 0 bridgehead atoms. The summed E-state index contributed by atoms with van der Waals surface area (Å²) in [6.07, 6.45) is 1.81. The van der Waals surface area contributed by atoms with Crippen LogP contribution in [0.1, 0.15) is 11.1 Å². The van der Waals surface area contributed by atoms with Gasteiger partial charge in [-0.2, -0.15) is 0 Å². The maximum atomic E-state index is 4.13. The van der Waals surface area contributed by atoms with Crippen molar-refractivity contribution in [3.63, 3.8) is 0 Å². The fraction of sp³-hybridized carbons (Fsp3) is 0.100. The molecule has 0 radical (unpaired) electrons. The molecule has 2 rings (SSSR count). The van der Waals surface area contributed by atoms with Gasteiger partial charge in [-0.25, -0.2) is 4.68 Å². The first-order chi connectivity index (χ1) is 7.29. The van der Waals surface area contributed by atoms with E-state index < -0.39 is 0 Å². The van der Waals surface area contributed by atoms with Crippen molar-refractivity contribution in [2.24, 2.45) is 0 Å². The second kappa shape index (κ2) is 4.27. The van der Waals surface area contributed by atoms with E-state index in [1.165, 1.54) is 0 Å². The molecule has 4 nitrogen and oxygen atoms in total. The van der Waals surface area contributed by atoms with Gasteiger partial charge in [-0.15, -0.1) is 17.7 Å². The summed E-state index contributed by atoms with van der Waals surface area (Å²) in [4.78, 5) is 0. The molecule has 0 N–H and O–H groups in total. The lowest BCUT2D eigenvalue weighted by molar-refractivity contribution is 0.604. The van der Waals surface area contributed by atoms with Crippen LogP contribution in [-0.2, 0) is 6.54 Å². The van der Waals surface area contributed by atoms with Crippen molar-refractivity contribution >= 4 is 18.7 Å². The largest absolute Gasteiger partial charge is 0.216 e. The highest BCUT2D eigenvalue weighted by atomic mass is 32.1. The number of rotatable bonds is 3. The molecule has 0 amide bonds. The average molecular weight is 218 g/mol. The van der Waals surface area contributed by atoms with Crippen LogP contribution in [0.4, 0.5) is 0 Å². The molecule has 0 fully saturated rings. The molecule has 1 aromatic carbocycles. The van der Waals surface area contributed by atoms with E-state index in [0.717, 1.165) is 11.1 Å². The van der Waals surface area contributed by atoms with Crippen LogP contribution in [0.25, 0.3) is 6.08 Å². The van der Waals surface area contributed by atoms with Crippen molar-refractivity contribution in [3.05, 3.63) is 42.0 Å². The first kappa shape index (κ1) is 9.92. The Kier molecular flexibility index (Phi) is 2.82. The Bertz CT molecular complexity index is 461. The molecular formula is C10H10N4S. The molecule has 2 aromatic rings. The lowest BCUT2D eigenvalue weighted by atomic mass is 10.1. The van der Waals surface area contributed by atoms with Crippen molar-refractivity contribution < 1.29 is 0 Å². The zero-order valence-corrected chi connectivity index (χ0v) is 8.93. The molecule has 0 atom stereocenters. The monoisotopic (exact) mass is 218 g/mol. The van der Waals surface area contributed by atoms with Crippen LogP contribution < -0.4 is 0 Å². The molecule has 15 heavy (non-hydrogen) atoms. The van der Waals surface area contributed by atoms with Gasteiger partial charge in [0.05, 0.1) is 6.54 Å². The average Bonchev–Trinajstić information content (AvgIpc) is 2.66. The molecule has 0 aliphatic rings. The van der Waals surface area contributed by atoms with Crippen molar-refractivity contribution in [1.82, 2.24) is 20.2 Å². The van der Waals surface area contributed by atoms with Crippen LogP contribution in [0.3, 0.4) is 0 Å². The Morgan fingerprint density at radius 3 is 2.60 bits per heavy atom. The Balaban J connectivity index is 2.18. The predicted octanol–water partition coefficient (Wildman–Crippen LogP) is 1.65. The number of nitrogens with zero attached hydrogens (tertiary/aromatic N) is 4. The van der Waals surface area contributed by atoms with Crippen LogP contribution in [0, 0.1) is 0 Å². The lowest BCUT2D eigenvalue weighted by Gasteiger charge is -2.01. The third kappa shape index (κ3) is 2.24. The number of benzene rings is 1. The van der Waals surface area contributed by atoms with E-state index in [9.17, 15) is 0 Å². The summed E-state index contributed by atoms with van der Waals surface area (Å²) in [5, 5.41) is 11.5. The van der Waals surface area contributed by atoms with Crippen LogP contribution in [-0.4, -0.2) is 20.2 Å². The van der Waals surface area contributed by atoms with Crippen molar-refractivity contribution in [3.8, 4) is 0 Å². The van der Waals surface area contributed by atoms with Gasteiger partial charge in [-0.3, -0.25) is 0 Å². The van der Waals surface area contributed by atoms with E-state index in [4.69, 9.17) is 0 Å². The van der Waals surface area contributed by atoms with Gasteiger partial charge >= 0.3 is 0 Å². The first-order valence-corrected chi connectivity index (χ1v) is 4.91. The van der Waals surface area contributed by atoms with E-state index in [1.54, 1.807) is 4.68 Å². The van der Waals surface area contributed by atoms with Crippen molar-refractivity contribution in [2.75, 3.05) is 0 Å². The summed E-state index contributed by atoms with van der Waals surface area (Å²) in [5.74, 6) is 0. The molecular weight excluding hydrogens is 208 g/mol. The van der Waals surface area contributed by atoms with E-state index in [2.05, 4.69) is 34.7 Å². The minimum atomic E-state index is 0.516. The van der Waals surface area contributed by atoms with Crippen LogP contribution >= 0.6 is 12.6 Å². The van der Waals surface area contributed by atoms with Gasteiger partial charge in [0.15, 0.2) is 0 Å². The molecule has 76 valence electrons. The fourth-order valence-corrected chi connectivity index (χ4v) is 1.39. The molecule has 0 aliphatic carbocycles. The Morgan fingerprint density at radius 2 is 2.07 bits per heavy atom. The van der Waals surface area contributed by atoms with Crippen molar-refractivity contribution in [1.29, 1.82) is 0 Å². The molecule has 0 aliphatic heterocycles. The lowest BCUT2D eigenvalue weighted by Crippen LogP contribution is -2.02. The SMILES string of the molecule is C=Cc1ccc(Cn2nnnc2S)cc1. The number of hydrogen-bond acceptors (Lipinski definition) is 4. The zero-order chi connectivity index (χ0) is 10.7. The number of aromatic nitrogens is 4. The predicted molar refractivity (Wildman–Crippen MR) is 60.7 cm³/mol. The van der Waals surface area contributed by atoms with E-state index >= 15 is 0 Å².